The quantitative estimate of drug-likeness (QED) is 0.939. The zero-order valence-corrected chi connectivity index (χ0v) is 14.0. The topological polar surface area (TPSA) is 49.4 Å². The average molecular weight is 322 g/mol. The van der Waals surface area contributed by atoms with Crippen LogP contribution in [-0.2, 0) is 9.59 Å². The molecular formula is C20H22N2O2. The largest absolute Gasteiger partial charge is 0.338 e. The number of amides is 2. The van der Waals surface area contributed by atoms with Crippen molar-refractivity contribution in [2.24, 2.45) is 5.92 Å². The van der Waals surface area contributed by atoms with Gasteiger partial charge in [-0.25, -0.2) is 0 Å². The lowest BCUT2D eigenvalue weighted by molar-refractivity contribution is -0.140. The first-order valence-corrected chi connectivity index (χ1v) is 8.24. The molecule has 1 saturated heterocycles. The third-order valence-electron chi connectivity index (χ3n) is 4.66. The number of anilines is 1. The molecule has 0 bridgehead atoms. The van der Waals surface area contributed by atoms with Crippen LogP contribution in [0.4, 0.5) is 5.69 Å². The van der Waals surface area contributed by atoms with Crippen LogP contribution in [-0.4, -0.2) is 23.8 Å². The van der Waals surface area contributed by atoms with Crippen LogP contribution < -0.4 is 5.32 Å². The van der Waals surface area contributed by atoms with Gasteiger partial charge in [-0.1, -0.05) is 48.0 Å². The third kappa shape index (κ3) is 3.32. The van der Waals surface area contributed by atoms with Gasteiger partial charge in [0.1, 0.15) is 0 Å². The lowest BCUT2D eigenvalue weighted by Crippen LogP contribution is -2.44. The van der Waals surface area contributed by atoms with Crippen molar-refractivity contribution < 1.29 is 9.59 Å². The molecule has 0 saturated carbocycles. The third-order valence-corrected chi connectivity index (χ3v) is 4.66. The molecule has 1 aliphatic rings. The van der Waals surface area contributed by atoms with Gasteiger partial charge in [0.25, 0.3) is 0 Å². The van der Waals surface area contributed by atoms with Crippen molar-refractivity contribution in [3.8, 4) is 0 Å². The summed E-state index contributed by atoms with van der Waals surface area (Å²) in [4.78, 5) is 26.7. The Hall–Kier alpha value is -2.62. The van der Waals surface area contributed by atoms with Crippen molar-refractivity contribution in [3.05, 3.63) is 65.7 Å². The van der Waals surface area contributed by atoms with Crippen LogP contribution in [0.15, 0.2) is 54.6 Å². The number of aryl methyl sites for hydroxylation is 1. The van der Waals surface area contributed by atoms with Crippen LogP contribution in [0.5, 0.6) is 0 Å². The highest BCUT2D eigenvalue weighted by Crippen LogP contribution is 2.36. The number of hydrogen-bond acceptors (Lipinski definition) is 2. The summed E-state index contributed by atoms with van der Waals surface area (Å²) in [6.45, 7) is 2.03. The average Bonchev–Trinajstić information content (AvgIpc) is 2.59. The number of hydrogen-bond donors (Lipinski definition) is 1. The van der Waals surface area contributed by atoms with Crippen LogP contribution in [0, 0.1) is 12.8 Å². The van der Waals surface area contributed by atoms with Crippen molar-refractivity contribution in [2.45, 2.75) is 25.8 Å². The van der Waals surface area contributed by atoms with Gasteiger partial charge in [-0.2, -0.15) is 0 Å². The first-order valence-electron chi connectivity index (χ1n) is 8.24. The highest BCUT2D eigenvalue weighted by molar-refractivity contribution is 5.94. The minimum absolute atomic E-state index is 0.0360. The summed E-state index contributed by atoms with van der Waals surface area (Å²) in [5.41, 5.74) is 2.95. The monoisotopic (exact) mass is 322 g/mol. The van der Waals surface area contributed by atoms with E-state index in [4.69, 9.17) is 0 Å². The molecule has 0 radical (unpaired) electrons. The van der Waals surface area contributed by atoms with E-state index >= 15 is 0 Å². The summed E-state index contributed by atoms with van der Waals surface area (Å²) >= 11 is 0. The van der Waals surface area contributed by atoms with E-state index in [9.17, 15) is 9.59 Å². The lowest BCUT2D eigenvalue weighted by atomic mass is 9.83. The van der Waals surface area contributed by atoms with Crippen molar-refractivity contribution in [1.82, 2.24) is 4.90 Å². The van der Waals surface area contributed by atoms with E-state index < -0.39 is 0 Å². The fourth-order valence-corrected chi connectivity index (χ4v) is 3.29. The molecular weight excluding hydrogens is 300 g/mol. The Morgan fingerprint density at radius 1 is 1.08 bits per heavy atom. The second kappa shape index (κ2) is 6.87. The number of carbonyl (C=O) groups excluding carboxylic acids is 2. The SMILES string of the molecule is Cc1ccc(C2C(C(=O)Nc3ccccc3)CCC(=O)N2C)cc1. The van der Waals surface area contributed by atoms with Crippen molar-refractivity contribution in [1.29, 1.82) is 0 Å². The summed E-state index contributed by atoms with van der Waals surface area (Å²) in [5, 5.41) is 2.98. The number of piperidine rings is 1. The summed E-state index contributed by atoms with van der Waals surface area (Å²) in [7, 11) is 1.79. The van der Waals surface area contributed by atoms with Crippen molar-refractivity contribution in [2.75, 3.05) is 12.4 Å². The molecule has 0 aliphatic carbocycles. The molecule has 2 unspecified atom stereocenters. The van der Waals surface area contributed by atoms with Crippen LogP contribution >= 0.6 is 0 Å². The molecule has 4 heteroatoms. The van der Waals surface area contributed by atoms with Crippen molar-refractivity contribution in [3.63, 3.8) is 0 Å². The van der Waals surface area contributed by atoms with Crippen LogP contribution in [0.1, 0.15) is 30.0 Å². The van der Waals surface area contributed by atoms with Gasteiger partial charge >= 0.3 is 0 Å². The molecule has 2 amide bonds. The fraction of sp³-hybridized carbons (Fsp3) is 0.300. The molecule has 0 aromatic heterocycles. The molecule has 4 nitrogen and oxygen atoms in total. The van der Waals surface area contributed by atoms with E-state index in [2.05, 4.69) is 5.32 Å². The van der Waals surface area contributed by atoms with Crippen LogP contribution in [0.3, 0.4) is 0 Å². The normalized spacial score (nSPS) is 20.8. The van der Waals surface area contributed by atoms with Gasteiger partial charge in [0.15, 0.2) is 0 Å². The zero-order valence-electron chi connectivity index (χ0n) is 14.0. The highest BCUT2D eigenvalue weighted by Gasteiger charge is 2.38. The Bertz CT molecular complexity index is 725. The Morgan fingerprint density at radius 3 is 2.42 bits per heavy atom. The number of carbonyl (C=O) groups is 2. The standard InChI is InChI=1S/C20H22N2O2/c1-14-8-10-15(11-9-14)19-17(12-13-18(23)22(19)2)20(24)21-16-6-4-3-5-7-16/h3-11,17,19H,12-13H2,1-2H3,(H,21,24). The summed E-state index contributed by atoms with van der Waals surface area (Å²) in [6.07, 6.45) is 0.978. The fourth-order valence-electron chi connectivity index (χ4n) is 3.29. The maximum absolute atomic E-state index is 12.8. The Kier molecular flexibility index (Phi) is 4.65. The predicted molar refractivity (Wildman–Crippen MR) is 94.5 cm³/mol. The summed E-state index contributed by atoms with van der Waals surface area (Å²) in [6, 6.07) is 17.3. The van der Waals surface area contributed by atoms with E-state index in [1.54, 1.807) is 11.9 Å². The molecule has 1 fully saturated rings. The maximum atomic E-state index is 12.8. The molecule has 1 N–H and O–H groups in total. The number of nitrogens with one attached hydrogen (secondary N) is 1. The maximum Gasteiger partial charge on any atom is 0.229 e. The minimum atomic E-state index is -0.254. The smallest absolute Gasteiger partial charge is 0.229 e. The van der Waals surface area contributed by atoms with E-state index in [1.165, 1.54) is 0 Å². The molecule has 1 heterocycles. The van der Waals surface area contributed by atoms with Gasteiger partial charge < -0.3 is 10.2 Å². The number of benzene rings is 2. The van der Waals surface area contributed by atoms with E-state index in [1.807, 2.05) is 61.5 Å². The molecule has 2 atom stereocenters. The Labute approximate surface area is 142 Å². The molecule has 2 aromatic rings. The molecule has 24 heavy (non-hydrogen) atoms. The zero-order chi connectivity index (χ0) is 17.1. The minimum Gasteiger partial charge on any atom is -0.338 e. The number of para-hydroxylation sites is 1. The van der Waals surface area contributed by atoms with Crippen LogP contribution in [0.25, 0.3) is 0 Å². The summed E-state index contributed by atoms with van der Waals surface area (Å²) in [5.74, 6) is -0.203. The van der Waals surface area contributed by atoms with Gasteiger partial charge in [-0.15, -0.1) is 0 Å². The molecule has 1 aliphatic heterocycles. The van der Waals surface area contributed by atoms with Gasteiger partial charge in [0, 0.05) is 19.2 Å². The van der Waals surface area contributed by atoms with Gasteiger partial charge in [0.05, 0.1) is 12.0 Å². The lowest BCUT2D eigenvalue weighted by Gasteiger charge is -2.38. The van der Waals surface area contributed by atoms with Crippen molar-refractivity contribution >= 4 is 17.5 Å². The number of rotatable bonds is 3. The van der Waals surface area contributed by atoms with E-state index in [-0.39, 0.29) is 23.8 Å². The number of likely N-dealkylation sites (tertiary alicyclic amines) is 1. The molecule has 124 valence electrons. The second-order valence-electron chi connectivity index (χ2n) is 6.36. The second-order valence-corrected chi connectivity index (χ2v) is 6.36. The number of nitrogens with zero attached hydrogens (tertiary/aromatic N) is 1. The molecule has 3 rings (SSSR count). The van der Waals surface area contributed by atoms with E-state index in [0.29, 0.717) is 12.8 Å². The van der Waals surface area contributed by atoms with E-state index in [0.717, 1.165) is 16.8 Å². The first-order chi connectivity index (χ1) is 11.6. The van der Waals surface area contributed by atoms with Gasteiger partial charge in [-0.3, -0.25) is 9.59 Å². The van der Waals surface area contributed by atoms with Crippen LogP contribution in [0.2, 0.25) is 0 Å². The molecule has 2 aromatic carbocycles. The van der Waals surface area contributed by atoms with Gasteiger partial charge in [0.2, 0.25) is 11.8 Å². The highest BCUT2D eigenvalue weighted by atomic mass is 16.2. The summed E-state index contributed by atoms with van der Waals surface area (Å²) < 4.78 is 0. The first kappa shape index (κ1) is 16.2. The predicted octanol–water partition coefficient (Wildman–Crippen LogP) is 3.54. The Morgan fingerprint density at radius 2 is 1.75 bits per heavy atom. The van der Waals surface area contributed by atoms with Gasteiger partial charge in [-0.05, 0) is 31.0 Å². The molecule has 0 spiro atoms. The Balaban J connectivity index is 1.87.